The summed E-state index contributed by atoms with van der Waals surface area (Å²) in [6.07, 6.45) is 2.08. The van der Waals surface area contributed by atoms with Gasteiger partial charge >= 0.3 is 0 Å². The van der Waals surface area contributed by atoms with Crippen LogP contribution in [-0.4, -0.2) is 101 Å². The molecule has 0 saturated carbocycles. The molecule has 1 aliphatic heterocycles. The Morgan fingerprint density at radius 2 is 1.79 bits per heavy atom. The number of nitrogens with one attached hydrogen (secondary N) is 2. The molecule has 1 fully saturated rings. The molecule has 1 saturated heterocycles. The van der Waals surface area contributed by atoms with Crippen LogP contribution in [-0.2, 0) is 12.0 Å². The first-order chi connectivity index (χ1) is 29.4. The van der Waals surface area contributed by atoms with Crippen molar-refractivity contribution in [2.24, 2.45) is 5.92 Å². The number of aromatic nitrogens is 2. The van der Waals surface area contributed by atoms with Gasteiger partial charge in [-0.25, -0.2) is 14.4 Å². The molecule has 2 unspecified atom stereocenters. The topological polar surface area (TPSA) is 170 Å². The number of thiol groups is 1. The average molecular weight is 911 g/mol. The highest BCUT2D eigenvalue weighted by Gasteiger charge is 2.29. The van der Waals surface area contributed by atoms with Crippen LogP contribution in [0.4, 0.5) is 16.0 Å². The third kappa shape index (κ3) is 11.9. The molecule has 3 N–H and O–H groups in total. The standard InChI is InChI=1S/C44H51Cl2FN8O6S/c1-7-27(2)40(57)34-23-37(47)38(24-33(34)28(3)56)54-17-15-53(16-18-54)14-13-49-42(58)35-21-30(44(4,5)31-20-29(25-48)41(36(46)22-31)60-19-11-45)8-9-39(35)61-26-32-10-12-50-43(51-32)52-55(6,59)62/h8-10,12,20-24,27,59,62H,7,11,13-19,26H2,1-6H3,(H-,49,50,51,52,58)/p+1. The van der Waals surface area contributed by atoms with Crippen molar-refractivity contribution in [1.29, 1.82) is 5.26 Å². The number of hydroxylamine groups is 1. The van der Waals surface area contributed by atoms with Crippen LogP contribution < -0.4 is 25.1 Å². The van der Waals surface area contributed by atoms with Gasteiger partial charge in [0.1, 0.15) is 50.7 Å². The van der Waals surface area contributed by atoms with Crippen molar-refractivity contribution in [3.05, 3.63) is 105 Å². The minimum absolute atomic E-state index is 0.0392. The number of carbonyl (C=O) groups is 3. The number of Topliss-reactive ketones (excluding diaryl/α,β-unsaturated/α-hetero) is 2. The number of hydrogen-bond acceptors (Lipinski definition) is 13. The fraction of sp³-hybridized carbons (Fsp3) is 0.409. The van der Waals surface area contributed by atoms with Crippen molar-refractivity contribution < 1.29 is 37.6 Å². The van der Waals surface area contributed by atoms with Gasteiger partial charge < -0.3 is 19.7 Å². The van der Waals surface area contributed by atoms with E-state index < -0.39 is 21.3 Å². The lowest BCUT2D eigenvalue weighted by Gasteiger charge is -2.36. The first kappa shape index (κ1) is 48.0. The number of halogens is 3. The summed E-state index contributed by atoms with van der Waals surface area (Å²) in [6, 6.07) is 15.2. The third-order valence-corrected chi connectivity index (χ3v) is 11.3. The number of anilines is 2. The summed E-state index contributed by atoms with van der Waals surface area (Å²) in [5.74, 6) is -0.961. The maximum Gasteiger partial charge on any atom is 0.273 e. The number of ether oxygens (including phenoxy) is 2. The van der Waals surface area contributed by atoms with Gasteiger partial charge in [0.15, 0.2) is 17.3 Å². The summed E-state index contributed by atoms with van der Waals surface area (Å²) in [6.45, 7) is 11.9. The Balaban J connectivity index is 1.33. The summed E-state index contributed by atoms with van der Waals surface area (Å²) in [4.78, 5) is 52.1. The minimum Gasteiger partial charge on any atom is -0.489 e. The second-order valence-corrected chi connectivity index (χ2v) is 17.2. The van der Waals surface area contributed by atoms with Crippen molar-refractivity contribution in [2.75, 3.05) is 69.1 Å². The Kier molecular flexibility index (Phi) is 16.2. The number of hydrogen-bond donors (Lipinski definition) is 4. The van der Waals surface area contributed by atoms with Crippen molar-refractivity contribution in [2.45, 2.75) is 53.1 Å². The zero-order valence-corrected chi connectivity index (χ0v) is 38.0. The van der Waals surface area contributed by atoms with E-state index in [1.165, 1.54) is 32.3 Å². The fourth-order valence-corrected chi connectivity index (χ4v) is 7.41. The summed E-state index contributed by atoms with van der Waals surface area (Å²) >= 11 is 16.4. The molecule has 0 bridgehead atoms. The van der Waals surface area contributed by atoms with E-state index in [-0.39, 0.29) is 93.5 Å². The predicted molar refractivity (Wildman–Crippen MR) is 239 cm³/mol. The van der Waals surface area contributed by atoms with Crippen LogP contribution in [0.1, 0.15) is 94.5 Å². The summed E-state index contributed by atoms with van der Waals surface area (Å²) < 4.78 is 26.4. The molecule has 14 nitrogen and oxygen atoms in total. The molecule has 4 aromatic rings. The molecular weight excluding hydrogens is 859 g/mol. The van der Waals surface area contributed by atoms with E-state index in [9.17, 15) is 24.9 Å². The smallest absolute Gasteiger partial charge is 0.273 e. The van der Waals surface area contributed by atoms with Crippen LogP contribution in [0.2, 0.25) is 5.02 Å². The molecule has 0 radical (unpaired) electrons. The number of quaternary nitrogens is 1. The van der Waals surface area contributed by atoms with Crippen molar-refractivity contribution >= 4 is 65.1 Å². The maximum atomic E-state index is 15.5. The second kappa shape index (κ2) is 20.9. The number of benzene rings is 3. The van der Waals surface area contributed by atoms with Crippen LogP contribution >= 0.6 is 36.0 Å². The molecule has 330 valence electrons. The van der Waals surface area contributed by atoms with Gasteiger partial charge in [-0.2, -0.15) is 15.9 Å². The monoisotopic (exact) mass is 909 g/mol. The molecule has 2 heterocycles. The fourth-order valence-electron chi connectivity index (χ4n) is 6.97. The Labute approximate surface area is 377 Å². The first-order valence-electron chi connectivity index (χ1n) is 20.1. The minimum atomic E-state index is -0.901. The van der Waals surface area contributed by atoms with E-state index in [0.717, 1.165) is 5.56 Å². The van der Waals surface area contributed by atoms with Crippen molar-refractivity contribution in [3.63, 3.8) is 0 Å². The van der Waals surface area contributed by atoms with Gasteiger partial charge in [-0.05, 0) is 71.1 Å². The van der Waals surface area contributed by atoms with Crippen LogP contribution in [0.3, 0.4) is 0 Å². The number of amides is 1. The number of carbonyl (C=O) groups excluding carboxylic acids is 3. The molecule has 18 heteroatoms. The van der Waals surface area contributed by atoms with Crippen LogP contribution in [0.5, 0.6) is 11.5 Å². The van der Waals surface area contributed by atoms with Gasteiger partial charge in [0.2, 0.25) is 0 Å². The predicted octanol–water partition coefficient (Wildman–Crippen LogP) is 7.65. The largest absolute Gasteiger partial charge is 0.489 e. The normalized spacial score (nSPS) is 14.6. The van der Waals surface area contributed by atoms with E-state index in [1.807, 2.05) is 31.7 Å². The van der Waals surface area contributed by atoms with E-state index >= 15 is 4.39 Å². The summed E-state index contributed by atoms with van der Waals surface area (Å²) in [5.41, 5.74) is 4.89. The number of rotatable bonds is 19. The first-order valence-corrected chi connectivity index (χ1v) is 21.4. The Hall–Kier alpha value is -5.02. The number of alkyl halides is 1. The van der Waals surface area contributed by atoms with Crippen LogP contribution in [0.15, 0.2) is 54.7 Å². The number of nitriles is 1. The molecule has 3 aromatic carbocycles. The van der Waals surface area contributed by atoms with Gasteiger partial charge in [0.05, 0.1) is 33.4 Å². The van der Waals surface area contributed by atoms with E-state index in [2.05, 4.69) is 44.5 Å². The highest BCUT2D eigenvalue weighted by molar-refractivity contribution is 7.74. The Bertz CT molecular complexity index is 2330. The van der Waals surface area contributed by atoms with Gasteiger partial charge in [-0.1, -0.05) is 45.4 Å². The molecule has 2 atom stereocenters. The number of nitrogens with zero attached hydrogens (tertiary/aromatic N) is 6. The Morgan fingerprint density at radius 3 is 2.44 bits per heavy atom. The van der Waals surface area contributed by atoms with Gasteiger partial charge in [-0.3, -0.25) is 19.3 Å². The van der Waals surface area contributed by atoms with Crippen molar-refractivity contribution in [1.82, 2.24) is 20.2 Å². The van der Waals surface area contributed by atoms with E-state index in [0.29, 0.717) is 50.4 Å². The zero-order valence-electron chi connectivity index (χ0n) is 35.6. The molecule has 1 amide bonds. The molecular formula is C44H52Cl2FN8O6S+. The van der Waals surface area contributed by atoms with E-state index in [1.54, 1.807) is 37.3 Å². The summed E-state index contributed by atoms with van der Waals surface area (Å²) in [5, 5.41) is 23.2. The number of ketones is 2. The molecule has 62 heavy (non-hydrogen) atoms. The lowest BCUT2D eigenvalue weighted by atomic mass is 9.77. The third-order valence-electron chi connectivity index (χ3n) is 10.8. The Morgan fingerprint density at radius 1 is 1.06 bits per heavy atom. The average Bonchev–Trinajstić information content (AvgIpc) is 3.23. The van der Waals surface area contributed by atoms with Crippen molar-refractivity contribution in [3.8, 4) is 17.6 Å². The van der Waals surface area contributed by atoms with Gasteiger partial charge in [0, 0.05) is 67.9 Å². The molecule has 1 aromatic heterocycles. The summed E-state index contributed by atoms with van der Waals surface area (Å²) in [7, 11) is 1.37. The zero-order chi connectivity index (χ0) is 45.4. The molecule has 5 rings (SSSR count). The van der Waals surface area contributed by atoms with Crippen LogP contribution in [0, 0.1) is 23.1 Å². The van der Waals surface area contributed by atoms with E-state index in [4.69, 9.17) is 32.7 Å². The van der Waals surface area contributed by atoms with Gasteiger partial charge in [-0.15, -0.1) is 11.6 Å². The second-order valence-electron chi connectivity index (χ2n) is 15.7. The maximum absolute atomic E-state index is 15.5. The number of piperazine rings is 1. The highest BCUT2D eigenvalue weighted by Crippen LogP contribution is 2.39. The quantitative estimate of drug-likeness (QED) is 0.0239. The lowest BCUT2D eigenvalue weighted by molar-refractivity contribution is -0.955. The molecule has 1 aliphatic rings. The lowest BCUT2D eigenvalue weighted by Crippen LogP contribution is -2.48. The highest BCUT2D eigenvalue weighted by atomic mass is 35.5. The molecule has 0 spiro atoms. The van der Waals surface area contributed by atoms with Gasteiger partial charge in [0.25, 0.3) is 11.9 Å². The molecule has 0 aliphatic carbocycles. The van der Waals surface area contributed by atoms with Crippen LogP contribution in [0.25, 0.3) is 0 Å². The SMILES string of the molecule is CCC(C)C(=O)c1cc(F)c(N2CCN(CCNC(=O)c3cc(C(C)(C)c4cc(Cl)c(OCCCl)c(C#N)c4)ccc3OCc3ccnc(N[N+](C)(O)S)n3)CC2)cc1C(C)=O.